The lowest BCUT2D eigenvalue weighted by atomic mass is 10.0. The van der Waals surface area contributed by atoms with Crippen molar-refractivity contribution in [3.8, 4) is 5.75 Å². The molecule has 1 fully saturated rings. The molecule has 4 nitrogen and oxygen atoms in total. The fourth-order valence-electron chi connectivity index (χ4n) is 3.90. The van der Waals surface area contributed by atoms with Gasteiger partial charge in [-0.25, -0.2) is 4.79 Å². The van der Waals surface area contributed by atoms with Gasteiger partial charge in [0, 0.05) is 28.5 Å². The first-order valence-electron chi connectivity index (χ1n) is 9.33. The van der Waals surface area contributed by atoms with Crippen molar-refractivity contribution in [2.24, 2.45) is 0 Å². The van der Waals surface area contributed by atoms with Crippen LogP contribution in [0.1, 0.15) is 36.9 Å². The van der Waals surface area contributed by atoms with E-state index in [9.17, 15) is 4.79 Å². The zero-order valence-corrected chi connectivity index (χ0v) is 16.9. The van der Waals surface area contributed by atoms with E-state index < -0.39 is 0 Å². The maximum absolute atomic E-state index is 12.0. The molecule has 1 aliphatic rings. The highest BCUT2D eigenvalue weighted by atomic mass is 79.9. The average Bonchev–Trinajstić information content (AvgIpc) is 3.10. The zero-order valence-electron chi connectivity index (χ0n) is 15.3. The third-order valence-corrected chi connectivity index (χ3v) is 5.60. The number of benzene rings is 2. The molecule has 5 heteroatoms. The van der Waals surface area contributed by atoms with Gasteiger partial charge in [-0.3, -0.25) is 4.90 Å². The van der Waals surface area contributed by atoms with E-state index in [1.807, 2.05) is 37.3 Å². The summed E-state index contributed by atoms with van der Waals surface area (Å²) in [4.78, 5) is 14.5. The predicted octanol–water partition coefficient (Wildman–Crippen LogP) is 5.29. The molecule has 0 bridgehead atoms. The van der Waals surface area contributed by atoms with E-state index >= 15 is 0 Å². The fourth-order valence-corrected chi connectivity index (χ4v) is 4.24. The van der Waals surface area contributed by atoms with Crippen molar-refractivity contribution in [3.05, 3.63) is 74.6 Å². The molecule has 4 rings (SSSR count). The summed E-state index contributed by atoms with van der Waals surface area (Å²) < 4.78 is 11.8. The minimum absolute atomic E-state index is 0.299. The quantitative estimate of drug-likeness (QED) is 0.518. The van der Waals surface area contributed by atoms with Crippen molar-refractivity contribution in [1.29, 1.82) is 0 Å². The normalized spacial score (nSPS) is 17.5. The lowest BCUT2D eigenvalue weighted by Gasteiger charge is -2.25. The number of rotatable bonds is 5. The Kier molecular flexibility index (Phi) is 5.32. The Balaban J connectivity index is 1.62. The summed E-state index contributed by atoms with van der Waals surface area (Å²) in [6, 6.07) is 16.2. The second-order valence-electron chi connectivity index (χ2n) is 6.86. The standard InChI is InChI=1S/C22H22BrNO3/c1-2-26-18-8-5-15(6-9-18)20-4-3-11-24(20)14-16-12-22(25)27-21-13-17(23)7-10-19(16)21/h5-10,12-13,20H,2-4,11,14H2,1H3/t20-/m1/s1. The topological polar surface area (TPSA) is 42.7 Å². The molecule has 0 radical (unpaired) electrons. The molecule has 2 heterocycles. The number of nitrogens with zero attached hydrogens (tertiary/aromatic N) is 1. The van der Waals surface area contributed by atoms with Crippen LogP contribution in [-0.4, -0.2) is 18.1 Å². The van der Waals surface area contributed by atoms with Gasteiger partial charge < -0.3 is 9.15 Å². The Morgan fingerprint density at radius 3 is 2.78 bits per heavy atom. The molecule has 0 aliphatic carbocycles. The molecule has 0 amide bonds. The Morgan fingerprint density at radius 2 is 2.00 bits per heavy atom. The molecule has 0 unspecified atom stereocenters. The van der Waals surface area contributed by atoms with Gasteiger partial charge in [-0.1, -0.05) is 28.1 Å². The van der Waals surface area contributed by atoms with Crippen molar-refractivity contribution in [3.63, 3.8) is 0 Å². The molecular weight excluding hydrogens is 406 g/mol. The maximum Gasteiger partial charge on any atom is 0.336 e. The average molecular weight is 428 g/mol. The third-order valence-electron chi connectivity index (χ3n) is 5.11. The van der Waals surface area contributed by atoms with Crippen molar-refractivity contribution in [2.45, 2.75) is 32.4 Å². The van der Waals surface area contributed by atoms with Gasteiger partial charge in [-0.15, -0.1) is 0 Å². The van der Waals surface area contributed by atoms with Gasteiger partial charge in [0.15, 0.2) is 0 Å². The minimum atomic E-state index is -0.299. The van der Waals surface area contributed by atoms with Crippen LogP contribution in [0.2, 0.25) is 0 Å². The van der Waals surface area contributed by atoms with Gasteiger partial charge in [0.1, 0.15) is 11.3 Å². The Labute approximate surface area is 166 Å². The van der Waals surface area contributed by atoms with E-state index in [1.165, 1.54) is 5.56 Å². The molecule has 0 spiro atoms. The van der Waals surface area contributed by atoms with Crippen LogP contribution in [0.3, 0.4) is 0 Å². The Hall–Kier alpha value is -2.11. The summed E-state index contributed by atoms with van der Waals surface area (Å²) in [5, 5.41) is 0.996. The first-order chi connectivity index (χ1) is 13.1. The van der Waals surface area contributed by atoms with Crippen LogP contribution in [0.25, 0.3) is 11.0 Å². The molecule has 1 atom stereocenters. The molecule has 1 aliphatic heterocycles. The number of likely N-dealkylation sites (tertiary alicyclic amines) is 1. The van der Waals surface area contributed by atoms with E-state index in [0.29, 0.717) is 18.2 Å². The summed E-state index contributed by atoms with van der Waals surface area (Å²) in [6.07, 6.45) is 2.28. The van der Waals surface area contributed by atoms with Crippen molar-refractivity contribution in [1.82, 2.24) is 4.90 Å². The molecule has 3 aromatic rings. The Bertz CT molecular complexity index is 997. The monoisotopic (exact) mass is 427 g/mol. The Morgan fingerprint density at radius 1 is 1.19 bits per heavy atom. The summed E-state index contributed by atoms with van der Waals surface area (Å²) in [5.41, 5.74) is 2.65. The highest BCUT2D eigenvalue weighted by Gasteiger charge is 2.26. The summed E-state index contributed by atoms with van der Waals surface area (Å²) >= 11 is 3.44. The van der Waals surface area contributed by atoms with Crippen LogP contribution in [0.5, 0.6) is 5.75 Å². The number of fused-ring (bicyclic) bond motifs is 1. The second-order valence-corrected chi connectivity index (χ2v) is 7.78. The summed E-state index contributed by atoms with van der Waals surface area (Å²) in [7, 11) is 0. The molecule has 0 N–H and O–H groups in total. The van der Waals surface area contributed by atoms with E-state index in [0.717, 1.165) is 47.1 Å². The molecule has 0 saturated carbocycles. The smallest absolute Gasteiger partial charge is 0.336 e. The van der Waals surface area contributed by atoms with E-state index in [-0.39, 0.29) is 5.63 Å². The van der Waals surface area contributed by atoms with Crippen LogP contribution in [-0.2, 0) is 6.54 Å². The van der Waals surface area contributed by atoms with Crippen LogP contribution < -0.4 is 10.4 Å². The van der Waals surface area contributed by atoms with Gasteiger partial charge >= 0.3 is 5.63 Å². The lowest BCUT2D eigenvalue weighted by Crippen LogP contribution is -2.23. The minimum Gasteiger partial charge on any atom is -0.494 e. The van der Waals surface area contributed by atoms with Gasteiger partial charge in [-0.05, 0) is 67.8 Å². The molecule has 27 heavy (non-hydrogen) atoms. The van der Waals surface area contributed by atoms with Crippen LogP contribution in [0, 0.1) is 0 Å². The number of hydrogen-bond acceptors (Lipinski definition) is 4. The van der Waals surface area contributed by atoms with Crippen molar-refractivity contribution < 1.29 is 9.15 Å². The number of ether oxygens (including phenoxy) is 1. The first-order valence-corrected chi connectivity index (χ1v) is 10.1. The second kappa shape index (κ2) is 7.87. The predicted molar refractivity (Wildman–Crippen MR) is 110 cm³/mol. The highest BCUT2D eigenvalue weighted by molar-refractivity contribution is 9.10. The molecule has 2 aromatic carbocycles. The lowest BCUT2D eigenvalue weighted by molar-refractivity contribution is 0.248. The van der Waals surface area contributed by atoms with Gasteiger partial charge in [-0.2, -0.15) is 0 Å². The zero-order chi connectivity index (χ0) is 18.8. The fraction of sp³-hybridized carbons (Fsp3) is 0.318. The van der Waals surface area contributed by atoms with Crippen LogP contribution >= 0.6 is 15.9 Å². The molecule has 1 saturated heterocycles. The van der Waals surface area contributed by atoms with Crippen LogP contribution in [0.4, 0.5) is 0 Å². The molecular formula is C22H22BrNO3. The maximum atomic E-state index is 12.0. The van der Waals surface area contributed by atoms with Gasteiger partial charge in [0.25, 0.3) is 0 Å². The first kappa shape index (κ1) is 18.3. The summed E-state index contributed by atoms with van der Waals surface area (Å²) in [5.74, 6) is 0.906. The highest BCUT2D eigenvalue weighted by Crippen LogP contribution is 2.35. The number of halogens is 1. The SMILES string of the molecule is CCOc1ccc([C@H]2CCCN2Cc2cc(=O)oc3cc(Br)ccc23)cc1. The van der Waals surface area contributed by atoms with Crippen LogP contribution in [0.15, 0.2) is 62.2 Å². The van der Waals surface area contributed by atoms with E-state index in [1.54, 1.807) is 6.07 Å². The van der Waals surface area contributed by atoms with Crippen molar-refractivity contribution in [2.75, 3.05) is 13.2 Å². The molecule has 140 valence electrons. The summed E-state index contributed by atoms with van der Waals surface area (Å²) in [6.45, 7) is 4.43. The largest absolute Gasteiger partial charge is 0.494 e. The van der Waals surface area contributed by atoms with Gasteiger partial charge in [0.05, 0.1) is 6.61 Å². The van der Waals surface area contributed by atoms with Gasteiger partial charge in [0.2, 0.25) is 0 Å². The van der Waals surface area contributed by atoms with E-state index in [2.05, 4.69) is 33.0 Å². The van der Waals surface area contributed by atoms with E-state index in [4.69, 9.17) is 9.15 Å². The van der Waals surface area contributed by atoms with Crippen molar-refractivity contribution >= 4 is 26.9 Å². The molecule has 1 aromatic heterocycles. The number of hydrogen-bond donors (Lipinski definition) is 0. The third kappa shape index (κ3) is 3.94.